The van der Waals surface area contributed by atoms with Crippen LogP contribution < -0.4 is 5.73 Å². The summed E-state index contributed by atoms with van der Waals surface area (Å²) in [5.74, 6) is -1.51. The first-order valence-electron chi connectivity index (χ1n) is 4.95. The summed E-state index contributed by atoms with van der Waals surface area (Å²) in [6, 6.07) is 2.36. The Kier molecular flexibility index (Phi) is 4.38. The van der Waals surface area contributed by atoms with Crippen LogP contribution in [0.3, 0.4) is 0 Å². The van der Waals surface area contributed by atoms with Gasteiger partial charge in [-0.3, -0.25) is 0 Å². The Balaban J connectivity index is 3.10. The molecule has 2 N–H and O–H groups in total. The summed E-state index contributed by atoms with van der Waals surface area (Å²) < 4.78 is 41.0. The molecular weight excluding hydrogens is 283 g/mol. The Morgan fingerprint density at radius 1 is 1.38 bits per heavy atom. The van der Waals surface area contributed by atoms with E-state index in [2.05, 4.69) is 15.9 Å². The molecule has 1 nitrogen and oxygen atoms in total. The van der Waals surface area contributed by atoms with Gasteiger partial charge in [0, 0.05) is 18.5 Å². The third-order valence-corrected chi connectivity index (χ3v) is 3.24. The number of hydrogen-bond acceptors (Lipinski definition) is 1. The van der Waals surface area contributed by atoms with Gasteiger partial charge in [0.15, 0.2) is 0 Å². The molecule has 0 heterocycles. The highest BCUT2D eigenvalue weighted by molar-refractivity contribution is 9.10. The molecule has 1 atom stereocenters. The van der Waals surface area contributed by atoms with Gasteiger partial charge in [0.25, 0.3) is 0 Å². The number of alkyl halides is 1. The van der Waals surface area contributed by atoms with E-state index in [0.717, 1.165) is 6.07 Å². The number of nitrogens with two attached hydrogens (primary N) is 1. The second kappa shape index (κ2) is 5.19. The smallest absolute Gasteiger partial charge is 0.143 e. The lowest BCUT2D eigenvalue weighted by Gasteiger charge is -2.22. The van der Waals surface area contributed by atoms with Gasteiger partial charge in [0.05, 0.1) is 4.47 Å². The zero-order chi connectivity index (χ0) is 12.3. The van der Waals surface area contributed by atoms with Gasteiger partial charge < -0.3 is 5.73 Å². The summed E-state index contributed by atoms with van der Waals surface area (Å²) in [5.41, 5.74) is 3.25. The first-order chi connectivity index (χ1) is 7.43. The summed E-state index contributed by atoms with van der Waals surface area (Å²) in [6.07, 6.45) is -0.230. The highest BCUT2D eigenvalue weighted by Crippen LogP contribution is 2.28. The molecule has 0 aliphatic heterocycles. The van der Waals surface area contributed by atoms with Crippen LogP contribution >= 0.6 is 15.9 Å². The third-order valence-electron chi connectivity index (χ3n) is 2.63. The van der Waals surface area contributed by atoms with E-state index in [1.807, 2.05) is 0 Å². The quantitative estimate of drug-likeness (QED) is 0.847. The number of benzene rings is 1. The van der Waals surface area contributed by atoms with Crippen molar-refractivity contribution >= 4 is 15.9 Å². The van der Waals surface area contributed by atoms with E-state index in [9.17, 15) is 13.2 Å². The fourth-order valence-electron chi connectivity index (χ4n) is 1.39. The van der Waals surface area contributed by atoms with Gasteiger partial charge in [0.1, 0.15) is 17.3 Å². The van der Waals surface area contributed by atoms with Crippen molar-refractivity contribution < 1.29 is 13.2 Å². The van der Waals surface area contributed by atoms with Gasteiger partial charge in [-0.25, -0.2) is 13.2 Å². The first kappa shape index (κ1) is 13.5. The third kappa shape index (κ3) is 2.77. The van der Waals surface area contributed by atoms with Crippen LogP contribution in [0.25, 0.3) is 0 Å². The molecule has 16 heavy (non-hydrogen) atoms. The molecule has 0 aliphatic carbocycles. The Labute approximate surface area is 101 Å². The molecule has 0 aliphatic rings. The summed E-state index contributed by atoms with van der Waals surface area (Å²) in [7, 11) is 0. The van der Waals surface area contributed by atoms with Crippen LogP contribution in [-0.2, 0) is 6.42 Å². The summed E-state index contributed by atoms with van der Waals surface area (Å²) in [5, 5.41) is 0. The fraction of sp³-hybridized carbons (Fsp3) is 0.455. The molecule has 0 spiro atoms. The molecule has 0 saturated carbocycles. The zero-order valence-corrected chi connectivity index (χ0v) is 10.5. The molecule has 1 unspecified atom stereocenters. The van der Waals surface area contributed by atoms with Crippen molar-refractivity contribution in [1.29, 1.82) is 0 Å². The van der Waals surface area contributed by atoms with Crippen molar-refractivity contribution in [2.45, 2.75) is 25.4 Å². The molecule has 0 aromatic heterocycles. The van der Waals surface area contributed by atoms with Crippen LogP contribution in [-0.4, -0.2) is 12.2 Å². The van der Waals surface area contributed by atoms with Crippen LogP contribution in [0.5, 0.6) is 0 Å². The minimum absolute atomic E-state index is 0.120. The average Bonchev–Trinajstić information content (AvgIpc) is 2.29. The molecule has 1 aromatic rings. The maximum absolute atomic E-state index is 14.0. The fourth-order valence-corrected chi connectivity index (χ4v) is 1.76. The Hall–Kier alpha value is -0.550. The maximum Gasteiger partial charge on any atom is 0.143 e. The van der Waals surface area contributed by atoms with Crippen molar-refractivity contribution in [3.8, 4) is 0 Å². The maximum atomic E-state index is 14.0. The van der Waals surface area contributed by atoms with Crippen molar-refractivity contribution in [3.05, 3.63) is 33.8 Å². The minimum atomic E-state index is -1.76. The van der Waals surface area contributed by atoms with E-state index in [-0.39, 0.29) is 29.4 Å². The molecule has 90 valence electrons. The molecular formula is C11H13BrF3N. The van der Waals surface area contributed by atoms with Crippen molar-refractivity contribution in [2.75, 3.05) is 6.54 Å². The normalized spacial score (nSPS) is 14.9. The minimum Gasteiger partial charge on any atom is -0.328 e. The highest BCUT2D eigenvalue weighted by Gasteiger charge is 2.29. The van der Waals surface area contributed by atoms with E-state index >= 15 is 0 Å². The first-order valence-corrected chi connectivity index (χ1v) is 5.74. The van der Waals surface area contributed by atoms with E-state index in [1.54, 1.807) is 6.92 Å². The van der Waals surface area contributed by atoms with Gasteiger partial charge >= 0.3 is 0 Å². The Morgan fingerprint density at radius 3 is 2.50 bits per heavy atom. The average molecular weight is 296 g/mol. The molecule has 0 fully saturated rings. The SMILES string of the molecule is CCC(F)(CN)Cc1c(F)ccc(Br)c1F. The van der Waals surface area contributed by atoms with Crippen LogP contribution in [0, 0.1) is 11.6 Å². The monoisotopic (exact) mass is 295 g/mol. The largest absolute Gasteiger partial charge is 0.328 e. The second-order valence-electron chi connectivity index (χ2n) is 3.71. The standard InChI is InChI=1S/C11H13BrF3N/c1-2-11(15,6-16)5-7-9(13)4-3-8(12)10(7)14/h3-4H,2,5-6,16H2,1H3. The highest BCUT2D eigenvalue weighted by atomic mass is 79.9. The number of halogens is 4. The van der Waals surface area contributed by atoms with Crippen LogP contribution in [0.2, 0.25) is 0 Å². The van der Waals surface area contributed by atoms with Gasteiger partial charge in [-0.05, 0) is 34.5 Å². The predicted octanol–water partition coefficient (Wildman–Crippen LogP) is 3.35. The van der Waals surface area contributed by atoms with E-state index in [4.69, 9.17) is 5.73 Å². The van der Waals surface area contributed by atoms with Gasteiger partial charge in [0.2, 0.25) is 0 Å². The molecule has 0 amide bonds. The van der Waals surface area contributed by atoms with E-state index < -0.39 is 17.3 Å². The van der Waals surface area contributed by atoms with Crippen molar-refractivity contribution in [2.24, 2.45) is 5.73 Å². The van der Waals surface area contributed by atoms with Crippen molar-refractivity contribution in [3.63, 3.8) is 0 Å². The molecule has 1 rings (SSSR count). The Bertz CT molecular complexity index is 378. The molecule has 1 aromatic carbocycles. The molecule has 0 saturated heterocycles. The second-order valence-corrected chi connectivity index (χ2v) is 4.56. The van der Waals surface area contributed by atoms with E-state index in [0.29, 0.717) is 0 Å². The van der Waals surface area contributed by atoms with Crippen LogP contribution in [0.4, 0.5) is 13.2 Å². The van der Waals surface area contributed by atoms with Gasteiger partial charge in [-0.1, -0.05) is 6.92 Å². The molecule has 0 bridgehead atoms. The van der Waals surface area contributed by atoms with Crippen LogP contribution in [0.15, 0.2) is 16.6 Å². The van der Waals surface area contributed by atoms with Gasteiger partial charge in [-0.15, -0.1) is 0 Å². The summed E-state index contributed by atoms with van der Waals surface area (Å²) in [6.45, 7) is 1.34. The zero-order valence-electron chi connectivity index (χ0n) is 8.87. The van der Waals surface area contributed by atoms with Crippen molar-refractivity contribution in [1.82, 2.24) is 0 Å². The Morgan fingerprint density at radius 2 is 2.00 bits per heavy atom. The predicted molar refractivity (Wildman–Crippen MR) is 60.9 cm³/mol. The number of hydrogen-bond donors (Lipinski definition) is 1. The van der Waals surface area contributed by atoms with E-state index in [1.165, 1.54) is 6.07 Å². The van der Waals surface area contributed by atoms with Gasteiger partial charge in [-0.2, -0.15) is 0 Å². The molecule has 5 heteroatoms. The summed E-state index contributed by atoms with van der Waals surface area (Å²) in [4.78, 5) is 0. The lowest BCUT2D eigenvalue weighted by atomic mass is 9.93. The number of rotatable bonds is 4. The summed E-state index contributed by atoms with van der Waals surface area (Å²) >= 11 is 2.94. The molecule has 0 radical (unpaired) electrons. The lowest BCUT2D eigenvalue weighted by Crippen LogP contribution is -2.35. The topological polar surface area (TPSA) is 26.0 Å². The lowest BCUT2D eigenvalue weighted by molar-refractivity contribution is 0.164. The van der Waals surface area contributed by atoms with Crippen LogP contribution in [0.1, 0.15) is 18.9 Å².